The second-order valence-electron chi connectivity index (χ2n) is 5.23. The molecule has 1 aliphatic heterocycles. The first-order valence-corrected chi connectivity index (χ1v) is 7.27. The predicted molar refractivity (Wildman–Crippen MR) is 76.1 cm³/mol. The quantitative estimate of drug-likeness (QED) is 0.765. The number of hydrogen-bond donors (Lipinski definition) is 1. The Kier molecular flexibility index (Phi) is 5.82. The van der Waals surface area contributed by atoms with Crippen molar-refractivity contribution in [2.45, 2.75) is 38.9 Å². The molecule has 0 saturated carbocycles. The number of rotatable bonds is 8. The maximum Gasteiger partial charge on any atom is 0.0589 e. The highest BCUT2D eigenvalue weighted by molar-refractivity contribution is 5.03. The Morgan fingerprint density at radius 2 is 2.47 bits per heavy atom. The number of aryl methyl sites for hydroxylation is 1. The summed E-state index contributed by atoms with van der Waals surface area (Å²) in [4.78, 5) is 2.46. The van der Waals surface area contributed by atoms with Crippen LogP contribution in [0.1, 0.15) is 25.3 Å². The van der Waals surface area contributed by atoms with Crippen molar-refractivity contribution in [3.63, 3.8) is 0 Å². The minimum atomic E-state index is 0.637. The zero-order valence-corrected chi connectivity index (χ0v) is 12.1. The lowest BCUT2D eigenvalue weighted by atomic mass is 10.2. The summed E-state index contributed by atoms with van der Waals surface area (Å²) < 4.78 is 7.20. The van der Waals surface area contributed by atoms with Gasteiger partial charge in [0.1, 0.15) is 0 Å². The number of nitrogens with one attached hydrogen (secondary N) is 1. The van der Waals surface area contributed by atoms with E-state index in [1.54, 1.807) is 7.11 Å². The van der Waals surface area contributed by atoms with E-state index in [1.165, 1.54) is 18.4 Å². The summed E-state index contributed by atoms with van der Waals surface area (Å²) in [7, 11) is 1.76. The van der Waals surface area contributed by atoms with Crippen molar-refractivity contribution in [1.82, 2.24) is 20.0 Å². The van der Waals surface area contributed by atoms with Gasteiger partial charge in [0, 0.05) is 51.1 Å². The third-order valence-corrected chi connectivity index (χ3v) is 3.67. The molecule has 0 amide bonds. The van der Waals surface area contributed by atoms with Gasteiger partial charge in [0.2, 0.25) is 0 Å². The van der Waals surface area contributed by atoms with Gasteiger partial charge in [-0.05, 0) is 26.3 Å². The number of nitrogens with zero attached hydrogens (tertiary/aromatic N) is 3. The van der Waals surface area contributed by atoms with Gasteiger partial charge in [0.25, 0.3) is 0 Å². The highest BCUT2D eigenvalue weighted by Gasteiger charge is 2.18. The summed E-state index contributed by atoms with van der Waals surface area (Å²) in [6, 6.07) is 0.637. The molecule has 1 saturated heterocycles. The minimum absolute atomic E-state index is 0.637. The second kappa shape index (κ2) is 7.62. The van der Waals surface area contributed by atoms with Crippen LogP contribution in [0.15, 0.2) is 12.4 Å². The first-order valence-electron chi connectivity index (χ1n) is 7.27. The lowest BCUT2D eigenvalue weighted by molar-refractivity contribution is 0.138. The first kappa shape index (κ1) is 14.5. The number of aromatic nitrogens is 2. The third-order valence-electron chi connectivity index (χ3n) is 3.67. The van der Waals surface area contributed by atoms with E-state index in [-0.39, 0.29) is 0 Å². The molecule has 0 bridgehead atoms. The maximum atomic E-state index is 5.22. The molecular formula is C14H26N4O. The van der Waals surface area contributed by atoms with Gasteiger partial charge >= 0.3 is 0 Å². The Balaban J connectivity index is 1.87. The van der Waals surface area contributed by atoms with E-state index in [4.69, 9.17) is 4.74 Å². The number of methoxy groups -OCH3 is 1. The van der Waals surface area contributed by atoms with Crippen LogP contribution in [0.25, 0.3) is 0 Å². The van der Waals surface area contributed by atoms with E-state index in [9.17, 15) is 0 Å². The molecule has 1 aromatic heterocycles. The molecule has 2 rings (SSSR count). The van der Waals surface area contributed by atoms with Gasteiger partial charge in [-0.2, -0.15) is 5.10 Å². The molecule has 1 atom stereocenters. The Morgan fingerprint density at radius 1 is 1.58 bits per heavy atom. The molecule has 108 valence electrons. The molecule has 0 aromatic carbocycles. The van der Waals surface area contributed by atoms with Crippen LogP contribution in [-0.2, 0) is 17.8 Å². The fourth-order valence-electron chi connectivity index (χ4n) is 2.60. The van der Waals surface area contributed by atoms with Crippen LogP contribution in [0.2, 0.25) is 0 Å². The normalized spacial score (nSPS) is 19.4. The smallest absolute Gasteiger partial charge is 0.0589 e. The summed E-state index contributed by atoms with van der Waals surface area (Å²) in [6.07, 6.45) is 6.71. The predicted octanol–water partition coefficient (Wildman–Crippen LogP) is 1.10. The molecule has 0 radical (unpaired) electrons. The van der Waals surface area contributed by atoms with Gasteiger partial charge in [-0.15, -0.1) is 0 Å². The largest absolute Gasteiger partial charge is 0.383 e. The van der Waals surface area contributed by atoms with Crippen molar-refractivity contribution >= 4 is 0 Å². The van der Waals surface area contributed by atoms with Crippen molar-refractivity contribution in [3.05, 3.63) is 18.0 Å². The Bertz CT molecular complexity index is 360. The summed E-state index contributed by atoms with van der Waals surface area (Å²) >= 11 is 0. The third kappa shape index (κ3) is 4.60. The summed E-state index contributed by atoms with van der Waals surface area (Å²) in [5.41, 5.74) is 1.29. The molecule has 5 nitrogen and oxygen atoms in total. The van der Waals surface area contributed by atoms with Gasteiger partial charge in [-0.25, -0.2) is 0 Å². The second-order valence-corrected chi connectivity index (χ2v) is 5.23. The zero-order chi connectivity index (χ0) is 13.5. The van der Waals surface area contributed by atoms with Crippen molar-refractivity contribution in [2.24, 2.45) is 0 Å². The Hall–Kier alpha value is -0.910. The SMILES string of the molecule is CCn1cc(CN(CCOC)CC2CCCN2)cn1. The molecule has 0 aliphatic carbocycles. The van der Waals surface area contributed by atoms with Gasteiger partial charge < -0.3 is 10.1 Å². The maximum absolute atomic E-state index is 5.22. The van der Waals surface area contributed by atoms with Gasteiger partial charge in [0.05, 0.1) is 12.8 Å². The molecule has 0 spiro atoms. The molecule has 1 fully saturated rings. The van der Waals surface area contributed by atoms with E-state index < -0.39 is 0 Å². The Labute approximate surface area is 115 Å². The van der Waals surface area contributed by atoms with Gasteiger partial charge in [0.15, 0.2) is 0 Å². The Morgan fingerprint density at radius 3 is 3.11 bits per heavy atom. The van der Waals surface area contributed by atoms with Gasteiger partial charge in [-0.3, -0.25) is 9.58 Å². The monoisotopic (exact) mass is 266 g/mol. The molecule has 19 heavy (non-hydrogen) atoms. The van der Waals surface area contributed by atoms with E-state index in [0.717, 1.165) is 39.3 Å². The average Bonchev–Trinajstić information content (AvgIpc) is 3.07. The molecule has 2 heterocycles. The van der Waals surface area contributed by atoms with Crippen LogP contribution in [-0.4, -0.2) is 54.1 Å². The van der Waals surface area contributed by atoms with E-state index >= 15 is 0 Å². The van der Waals surface area contributed by atoms with E-state index in [2.05, 4.69) is 28.4 Å². The first-order chi connectivity index (χ1) is 9.31. The van der Waals surface area contributed by atoms with Crippen LogP contribution < -0.4 is 5.32 Å². The standard InChI is InChI=1S/C14H26N4O/c1-3-18-11-13(9-16-18)10-17(7-8-19-2)12-14-5-4-6-15-14/h9,11,14-15H,3-8,10,12H2,1-2H3. The lowest BCUT2D eigenvalue weighted by Gasteiger charge is -2.24. The van der Waals surface area contributed by atoms with Crippen LogP contribution >= 0.6 is 0 Å². The summed E-state index contributed by atoms with van der Waals surface area (Å²) in [5, 5.41) is 7.91. The minimum Gasteiger partial charge on any atom is -0.383 e. The van der Waals surface area contributed by atoms with Crippen LogP contribution in [0.5, 0.6) is 0 Å². The van der Waals surface area contributed by atoms with Crippen molar-refractivity contribution < 1.29 is 4.74 Å². The summed E-state index contributed by atoms with van der Waals surface area (Å²) in [6.45, 7) is 8.03. The van der Waals surface area contributed by atoms with Crippen LogP contribution in [0.4, 0.5) is 0 Å². The average molecular weight is 266 g/mol. The van der Waals surface area contributed by atoms with Crippen LogP contribution in [0, 0.1) is 0 Å². The molecule has 1 N–H and O–H groups in total. The number of hydrogen-bond acceptors (Lipinski definition) is 4. The topological polar surface area (TPSA) is 42.3 Å². The fraction of sp³-hybridized carbons (Fsp3) is 0.786. The van der Waals surface area contributed by atoms with Crippen molar-refractivity contribution in [1.29, 1.82) is 0 Å². The lowest BCUT2D eigenvalue weighted by Crippen LogP contribution is -2.38. The van der Waals surface area contributed by atoms with E-state index in [1.807, 2.05) is 10.9 Å². The van der Waals surface area contributed by atoms with Gasteiger partial charge in [-0.1, -0.05) is 0 Å². The number of ether oxygens (including phenoxy) is 1. The fourth-order valence-corrected chi connectivity index (χ4v) is 2.60. The summed E-state index contributed by atoms with van der Waals surface area (Å²) in [5.74, 6) is 0. The highest BCUT2D eigenvalue weighted by atomic mass is 16.5. The molecule has 1 aliphatic rings. The highest BCUT2D eigenvalue weighted by Crippen LogP contribution is 2.10. The van der Waals surface area contributed by atoms with Crippen molar-refractivity contribution in [2.75, 3.05) is 33.4 Å². The van der Waals surface area contributed by atoms with Crippen molar-refractivity contribution in [3.8, 4) is 0 Å². The van der Waals surface area contributed by atoms with Crippen LogP contribution in [0.3, 0.4) is 0 Å². The molecular weight excluding hydrogens is 240 g/mol. The molecule has 5 heteroatoms. The molecule has 1 unspecified atom stereocenters. The molecule has 1 aromatic rings. The zero-order valence-electron chi connectivity index (χ0n) is 12.1. The van der Waals surface area contributed by atoms with E-state index in [0.29, 0.717) is 6.04 Å².